The molecule has 4 rings (SSSR count). The van der Waals surface area contributed by atoms with Crippen molar-refractivity contribution < 1.29 is 33.3 Å². The lowest BCUT2D eigenvalue weighted by atomic mass is 9.85. The van der Waals surface area contributed by atoms with Crippen molar-refractivity contribution >= 4 is 17.7 Å². The zero-order chi connectivity index (χ0) is 18.5. The standard InChI is InChI=1S/C17H14N2O7/c1-23-15(21)8-3-4-18-13-11(8)12-9(7-10(19-12)16(22)24-2)17(14(13)20)25-5-6-26-17/h3-4,7,19H,5-6H2,1-2H3. The van der Waals surface area contributed by atoms with Crippen LogP contribution in [0.25, 0.3) is 11.3 Å². The summed E-state index contributed by atoms with van der Waals surface area (Å²) in [5.74, 6) is -3.52. The number of fused-ring (bicyclic) bond motifs is 4. The molecule has 0 amide bonds. The second-order valence-corrected chi connectivity index (χ2v) is 5.68. The van der Waals surface area contributed by atoms with Crippen LogP contribution in [-0.2, 0) is 24.7 Å². The molecule has 134 valence electrons. The highest BCUT2D eigenvalue weighted by atomic mass is 16.7. The van der Waals surface area contributed by atoms with Gasteiger partial charge in [0.05, 0.1) is 38.7 Å². The monoisotopic (exact) mass is 358 g/mol. The van der Waals surface area contributed by atoms with Crippen LogP contribution >= 0.6 is 0 Å². The average molecular weight is 358 g/mol. The Labute approximate surface area is 147 Å². The number of esters is 2. The van der Waals surface area contributed by atoms with Crippen molar-refractivity contribution in [2.24, 2.45) is 0 Å². The molecule has 26 heavy (non-hydrogen) atoms. The van der Waals surface area contributed by atoms with Crippen LogP contribution in [0.3, 0.4) is 0 Å². The fourth-order valence-corrected chi connectivity index (χ4v) is 3.28. The van der Waals surface area contributed by atoms with Gasteiger partial charge in [-0.1, -0.05) is 0 Å². The Bertz CT molecular complexity index is 941. The van der Waals surface area contributed by atoms with Crippen LogP contribution in [0.5, 0.6) is 0 Å². The highest BCUT2D eigenvalue weighted by Gasteiger charge is 2.54. The largest absolute Gasteiger partial charge is 0.465 e. The molecule has 2 aliphatic rings. The molecule has 1 spiro atoms. The van der Waals surface area contributed by atoms with Gasteiger partial charge in [0.1, 0.15) is 11.4 Å². The third kappa shape index (κ3) is 2.04. The fraction of sp³-hybridized carbons (Fsp3) is 0.294. The number of H-pyrrole nitrogens is 1. The summed E-state index contributed by atoms with van der Waals surface area (Å²) in [5, 5.41) is 0. The van der Waals surface area contributed by atoms with Crippen molar-refractivity contribution in [1.29, 1.82) is 0 Å². The summed E-state index contributed by atoms with van der Waals surface area (Å²) in [6, 6.07) is 2.87. The van der Waals surface area contributed by atoms with E-state index < -0.39 is 23.5 Å². The van der Waals surface area contributed by atoms with E-state index in [0.717, 1.165) is 0 Å². The smallest absolute Gasteiger partial charge is 0.354 e. The first-order valence-corrected chi connectivity index (χ1v) is 7.75. The summed E-state index contributed by atoms with van der Waals surface area (Å²) >= 11 is 0. The number of Topliss-reactive ketones (excluding diaryl/α,β-unsaturated/α-hetero) is 1. The van der Waals surface area contributed by atoms with Gasteiger partial charge in [-0.25, -0.2) is 9.59 Å². The van der Waals surface area contributed by atoms with E-state index in [1.54, 1.807) is 0 Å². The van der Waals surface area contributed by atoms with Crippen molar-refractivity contribution in [1.82, 2.24) is 9.97 Å². The molecular weight excluding hydrogens is 344 g/mol. The Hall–Kier alpha value is -3.04. The van der Waals surface area contributed by atoms with E-state index in [1.807, 2.05) is 0 Å². The number of carbonyl (C=O) groups is 3. The molecule has 0 saturated carbocycles. The van der Waals surface area contributed by atoms with Crippen molar-refractivity contribution in [2.45, 2.75) is 5.79 Å². The summed E-state index contributed by atoms with van der Waals surface area (Å²) in [4.78, 5) is 44.3. The third-order valence-corrected chi connectivity index (χ3v) is 4.39. The zero-order valence-corrected chi connectivity index (χ0v) is 14.0. The molecule has 0 radical (unpaired) electrons. The number of nitrogens with one attached hydrogen (secondary N) is 1. The maximum Gasteiger partial charge on any atom is 0.354 e. The maximum atomic E-state index is 13.1. The van der Waals surface area contributed by atoms with E-state index in [0.29, 0.717) is 11.3 Å². The van der Waals surface area contributed by atoms with Gasteiger partial charge in [-0.2, -0.15) is 0 Å². The van der Waals surface area contributed by atoms with Crippen LogP contribution in [-0.4, -0.2) is 55.1 Å². The van der Waals surface area contributed by atoms with E-state index in [9.17, 15) is 14.4 Å². The minimum Gasteiger partial charge on any atom is -0.465 e. The van der Waals surface area contributed by atoms with Crippen molar-refractivity contribution in [3.63, 3.8) is 0 Å². The van der Waals surface area contributed by atoms with Gasteiger partial charge in [-0.15, -0.1) is 0 Å². The zero-order valence-electron chi connectivity index (χ0n) is 14.0. The minimum atomic E-state index is -1.70. The van der Waals surface area contributed by atoms with Crippen LogP contribution in [0.1, 0.15) is 36.9 Å². The lowest BCUT2D eigenvalue weighted by molar-refractivity contribution is -0.126. The third-order valence-electron chi connectivity index (χ3n) is 4.39. The summed E-state index contributed by atoms with van der Waals surface area (Å²) in [7, 11) is 2.47. The number of ether oxygens (including phenoxy) is 4. The van der Waals surface area contributed by atoms with Gasteiger partial charge in [-0.05, 0) is 12.1 Å². The Morgan fingerprint density at radius 2 is 1.88 bits per heavy atom. The molecular formula is C17H14N2O7. The summed E-state index contributed by atoms with van der Waals surface area (Å²) < 4.78 is 20.8. The average Bonchev–Trinajstić information content (AvgIpc) is 3.32. The molecule has 2 aromatic heterocycles. The molecule has 0 unspecified atom stereocenters. The van der Waals surface area contributed by atoms with Gasteiger partial charge < -0.3 is 23.9 Å². The molecule has 1 saturated heterocycles. The van der Waals surface area contributed by atoms with Crippen LogP contribution < -0.4 is 0 Å². The molecule has 2 aromatic rings. The molecule has 9 heteroatoms. The molecule has 1 N–H and O–H groups in total. The molecule has 0 aromatic carbocycles. The number of rotatable bonds is 2. The SMILES string of the molecule is COC(=O)c1cc2c([nH]1)-c1c(C(=O)OC)ccnc1C(=O)C21OCCO1. The number of hydrogen-bond acceptors (Lipinski definition) is 8. The van der Waals surface area contributed by atoms with Gasteiger partial charge in [0.15, 0.2) is 0 Å². The first-order valence-electron chi connectivity index (χ1n) is 7.75. The molecule has 0 atom stereocenters. The second-order valence-electron chi connectivity index (χ2n) is 5.68. The van der Waals surface area contributed by atoms with Gasteiger partial charge in [-0.3, -0.25) is 9.78 Å². The Balaban J connectivity index is 2.04. The molecule has 1 fully saturated rings. The molecule has 1 aliphatic carbocycles. The topological polar surface area (TPSA) is 117 Å². The van der Waals surface area contributed by atoms with Gasteiger partial charge in [0.2, 0.25) is 5.78 Å². The molecule has 1 aliphatic heterocycles. The first-order chi connectivity index (χ1) is 12.5. The number of pyridine rings is 1. The predicted octanol–water partition coefficient (Wildman–Crippen LogP) is 1.05. The van der Waals surface area contributed by atoms with Crippen molar-refractivity contribution in [3.8, 4) is 11.3 Å². The van der Waals surface area contributed by atoms with E-state index >= 15 is 0 Å². The first kappa shape index (κ1) is 16.4. The van der Waals surface area contributed by atoms with E-state index in [-0.39, 0.29) is 35.7 Å². The van der Waals surface area contributed by atoms with Crippen LogP contribution in [0.4, 0.5) is 0 Å². The Morgan fingerprint density at radius 3 is 2.54 bits per heavy atom. The minimum absolute atomic E-state index is 0.000524. The van der Waals surface area contributed by atoms with Gasteiger partial charge >= 0.3 is 11.9 Å². The fourth-order valence-electron chi connectivity index (χ4n) is 3.28. The van der Waals surface area contributed by atoms with Crippen LogP contribution in [0.15, 0.2) is 18.3 Å². The highest BCUT2D eigenvalue weighted by molar-refractivity contribution is 6.14. The van der Waals surface area contributed by atoms with E-state index in [1.165, 1.54) is 32.5 Å². The Kier molecular flexibility index (Phi) is 3.63. The lowest BCUT2D eigenvalue weighted by Gasteiger charge is -2.31. The normalized spacial score (nSPS) is 16.9. The number of methoxy groups -OCH3 is 2. The van der Waals surface area contributed by atoms with Gasteiger partial charge in [0, 0.05) is 17.3 Å². The van der Waals surface area contributed by atoms with Crippen LogP contribution in [0.2, 0.25) is 0 Å². The maximum absolute atomic E-state index is 13.1. The number of carbonyl (C=O) groups excluding carboxylic acids is 3. The Morgan fingerprint density at radius 1 is 1.19 bits per heavy atom. The van der Waals surface area contributed by atoms with E-state index in [4.69, 9.17) is 18.9 Å². The summed E-state index contributed by atoms with van der Waals surface area (Å²) in [6.07, 6.45) is 1.33. The number of ketones is 1. The predicted molar refractivity (Wildman–Crippen MR) is 84.6 cm³/mol. The number of aromatic amines is 1. The van der Waals surface area contributed by atoms with E-state index in [2.05, 4.69) is 9.97 Å². The van der Waals surface area contributed by atoms with Gasteiger partial charge in [0.25, 0.3) is 5.79 Å². The van der Waals surface area contributed by atoms with Crippen LogP contribution in [0, 0.1) is 0 Å². The summed E-state index contributed by atoms with van der Waals surface area (Å²) in [6.45, 7) is 0.409. The molecule has 0 bridgehead atoms. The quantitative estimate of drug-likeness (QED) is 0.792. The number of hydrogen-bond donors (Lipinski definition) is 1. The molecule has 9 nitrogen and oxygen atoms in total. The lowest BCUT2D eigenvalue weighted by Crippen LogP contribution is -2.41. The van der Waals surface area contributed by atoms with Crippen molar-refractivity contribution in [3.05, 3.63) is 40.8 Å². The highest BCUT2D eigenvalue weighted by Crippen LogP contribution is 2.47. The van der Waals surface area contributed by atoms with Crippen molar-refractivity contribution in [2.75, 3.05) is 27.4 Å². The number of aromatic nitrogens is 2. The second kappa shape index (κ2) is 5.75. The molecule has 3 heterocycles. The summed E-state index contributed by atoms with van der Waals surface area (Å²) in [5.41, 5.74) is 1.09. The number of nitrogens with zero attached hydrogens (tertiary/aromatic N) is 1.